The summed E-state index contributed by atoms with van der Waals surface area (Å²) in [4.78, 5) is 0. The lowest BCUT2D eigenvalue weighted by atomic mass is 10.1. The summed E-state index contributed by atoms with van der Waals surface area (Å²) in [6, 6.07) is 4.67. The predicted octanol–water partition coefficient (Wildman–Crippen LogP) is 3.37. The highest BCUT2D eigenvalue weighted by atomic mass is 19.4. The molecule has 0 amide bonds. The molecule has 6 heteroatoms. The van der Waals surface area contributed by atoms with E-state index in [1.165, 1.54) is 6.07 Å². The highest BCUT2D eigenvalue weighted by Gasteiger charge is 2.34. The Morgan fingerprint density at radius 3 is 2.62 bits per heavy atom. The van der Waals surface area contributed by atoms with Crippen molar-refractivity contribution in [3.63, 3.8) is 0 Å². The lowest BCUT2D eigenvalue weighted by Crippen LogP contribution is -2.17. The number of nitrogens with one attached hydrogen (secondary N) is 1. The Morgan fingerprint density at radius 1 is 1.24 bits per heavy atom. The maximum Gasteiger partial charge on any atom is 0.419 e. The average Bonchev–Trinajstić information content (AvgIpc) is 3.25. The van der Waals surface area contributed by atoms with E-state index in [0.717, 1.165) is 18.9 Å². The molecule has 118 valence electrons. The van der Waals surface area contributed by atoms with Crippen LogP contribution in [-0.4, -0.2) is 25.9 Å². The van der Waals surface area contributed by atoms with Crippen molar-refractivity contribution < 1.29 is 22.6 Å². The molecular formula is C15H20F3NO2. The van der Waals surface area contributed by atoms with E-state index >= 15 is 0 Å². The van der Waals surface area contributed by atoms with E-state index in [1.54, 1.807) is 6.07 Å². The quantitative estimate of drug-likeness (QED) is 0.747. The molecule has 0 spiro atoms. The van der Waals surface area contributed by atoms with Crippen molar-refractivity contribution in [2.45, 2.75) is 38.5 Å². The first-order valence-electron chi connectivity index (χ1n) is 7.14. The minimum atomic E-state index is -4.42. The summed E-state index contributed by atoms with van der Waals surface area (Å²) in [5.74, 6) is -0.141. The molecule has 1 N–H and O–H groups in total. The molecule has 1 aliphatic carbocycles. The molecule has 1 saturated carbocycles. The van der Waals surface area contributed by atoms with Crippen molar-refractivity contribution in [1.82, 2.24) is 5.32 Å². The SMILES string of the molecule is CCOCCOc1ccc(CNC2CC2)cc1C(F)(F)F. The summed E-state index contributed by atoms with van der Waals surface area (Å²) in [5.41, 5.74) is -0.111. The first-order valence-corrected chi connectivity index (χ1v) is 7.14. The van der Waals surface area contributed by atoms with Crippen LogP contribution in [0.2, 0.25) is 0 Å². The van der Waals surface area contributed by atoms with Crippen molar-refractivity contribution in [3.05, 3.63) is 29.3 Å². The summed E-state index contributed by atoms with van der Waals surface area (Å²) in [7, 11) is 0. The van der Waals surface area contributed by atoms with Crippen molar-refractivity contribution in [3.8, 4) is 5.75 Å². The van der Waals surface area contributed by atoms with E-state index in [9.17, 15) is 13.2 Å². The van der Waals surface area contributed by atoms with Crippen LogP contribution in [0.1, 0.15) is 30.9 Å². The van der Waals surface area contributed by atoms with Gasteiger partial charge in [-0.1, -0.05) is 6.07 Å². The van der Waals surface area contributed by atoms with Gasteiger partial charge < -0.3 is 14.8 Å². The Hall–Kier alpha value is -1.27. The zero-order chi connectivity index (χ0) is 15.3. The molecule has 1 aromatic rings. The molecule has 1 fully saturated rings. The second-order valence-corrected chi connectivity index (χ2v) is 5.03. The van der Waals surface area contributed by atoms with Gasteiger partial charge >= 0.3 is 6.18 Å². The number of hydrogen-bond acceptors (Lipinski definition) is 3. The highest BCUT2D eigenvalue weighted by molar-refractivity contribution is 5.39. The fourth-order valence-electron chi connectivity index (χ4n) is 1.94. The fourth-order valence-corrected chi connectivity index (χ4v) is 1.94. The smallest absolute Gasteiger partial charge is 0.419 e. The number of hydrogen-bond donors (Lipinski definition) is 1. The number of benzene rings is 1. The number of alkyl halides is 3. The Labute approximate surface area is 122 Å². The van der Waals surface area contributed by atoms with Crippen LogP contribution in [0.3, 0.4) is 0 Å². The normalized spacial score (nSPS) is 15.2. The molecule has 0 unspecified atom stereocenters. The summed E-state index contributed by atoms with van der Waals surface area (Å²) >= 11 is 0. The molecule has 1 aromatic carbocycles. The van der Waals surface area contributed by atoms with Crippen LogP contribution in [0.5, 0.6) is 5.75 Å². The molecule has 0 bridgehead atoms. The van der Waals surface area contributed by atoms with Crippen molar-refractivity contribution in [2.75, 3.05) is 19.8 Å². The van der Waals surface area contributed by atoms with Crippen LogP contribution in [-0.2, 0) is 17.5 Å². The third kappa shape index (κ3) is 5.21. The Kier molecular flexibility index (Phi) is 5.47. The summed E-state index contributed by atoms with van der Waals surface area (Å²) in [6.45, 7) is 3.17. The van der Waals surface area contributed by atoms with Gasteiger partial charge in [0.2, 0.25) is 0 Å². The van der Waals surface area contributed by atoms with E-state index in [1.807, 2.05) is 6.92 Å². The third-order valence-electron chi connectivity index (χ3n) is 3.21. The average molecular weight is 303 g/mol. The van der Waals surface area contributed by atoms with E-state index in [4.69, 9.17) is 9.47 Å². The maximum atomic E-state index is 13.1. The Bertz CT molecular complexity index is 459. The van der Waals surface area contributed by atoms with Gasteiger partial charge in [-0.05, 0) is 37.5 Å². The minimum absolute atomic E-state index is 0.108. The molecule has 0 aliphatic heterocycles. The first-order chi connectivity index (χ1) is 10.0. The van der Waals surface area contributed by atoms with Gasteiger partial charge in [0.25, 0.3) is 0 Å². The van der Waals surface area contributed by atoms with Gasteiger partial charge in [-0.2, -0.15) is 13.2 Å². The molecule has 3 nitrogen and oxygen atoms in total. The Balaban J connectivity index is 2.03. The zero-order valence-electron chi connectivity index (χ0n) is 12.0. The van der Waals surface area contributed by atoms with Gasteiger partial charge in [-0.3, -0.25) is 0 Å². The molecular weight excluding hydrogens is 283 g/mol. The fraction of sp³-hybridized carbons (Fsp3) is 0.600. The molecule has 0 saturated heterocycles. The molecule has 0 radical (unpaired) electrons. The predicted molar refractivity (Wildman–Crippen MR) is 73.3 cm³/mol. The molecule has 21 heavy (non-hydrogen) atoms. The summed E-state index contributed by atoms with van der Waals surface area (Å²) < 4.78 is 49.5. The van der Waals surface area contributed by atoms with E-state index in [0.29, 0.717) is 24.8 Å². The lowest BCUT2D eigenvalue weighted by Gasteiger charge is -2.15. The third-order valence-corrected chi connectivity index (χ3v) is 3.21. The second-order valence-electron chi connectivity index (χ2n) is 5.03. The molecule has 0 aromatic heterocycles. The number of halogens is 3. The van der Waals surface area contributed by atoms with Crippen molar-refractivity contribution in [2.24, 2.45) is 0 Å². The van der Waals surface area contributed by atoms with Crippen LogP contribution >= 0.6 is 0 Å². The maximum absolute atomic E-state index is 13.1. The van der Waals surface area contributed by atoms with Crippen LogP contribution in [0.4, 0.5) is 13.2 Å². The molecule has 2 rings (SSSR count). The van der Waals surface area contributed by atoms with Gasteiger partial charge in [-0.25, -0.2) is 0 Å². The van der Waals surface area contributed by atoms with Crippen LogP contribution in [0.25, 0.3) is 0 Å². The second kappa shape index (κ2) is 7.13. The Morgan fingerprint density at radius 2 is 2.00 bits per heavy atom. The van der Waals surface area contributed by atoms with E-state index < -0.39 is 11.7 Å². The van der Waals surface area contributed by atoms with Gasteiger partial charge in [0.1, 0.15) is 12.4 Å². The highest BCUT2D eigenvalue weighted by Crippen LogP contribution is 2.37. The largest absolute Gasteiger partial charge is 0.491 e. The van der Waals surface area contributed by atoms with Gasteiger partial charge in [0, 0.05) is 19.2 Å². The standard InChI is InChI=1S/C15H20F3NO2/c1-2-20-7-8-21-14-6-3-11(10-19-12-4-5-12)9-13(14)15(16,17)18/h3,6,9,12,19H,2,4-5,7-8,10H2,1H3. The molecule has 0 atom stereocenters. The molecule has 1 aliphatic rings. The monoisotopic (exact) mass is 303 g/mol. The van der Waals surface area contributed by atoms with Crippen LogP contribution in [0, 0.1) is 0 Å². The van der Waals surface area contributed by atoms with Crippen LogP contribution < -0.4 is 10.1 Å². The van der Waals surface area contributed by atoms with Gasteiger partial charge in [-0.15, -0.1) is 0 Å². The summed E-state index contributed by atoms with van der Waals surface area (Å²) in [6.07, 6.45) is -2.22. The van der Waals surface area contributed by atoms with Gasteiger partial charge in [0.05, 0.1) is 12.2 Å². The summed E-state index contributed by atoms with van der Waals surface area (Å²) in [5, 5.41) is 3.20. The topological polar surface area (TPSA) is 30.5 Å². The number of rotatable bonds is 8. The van der Waals surface area contributed by atoms with Crippen LogP contribution in [0.15, 0.2) is 18.2 Å². The lowest BCUT2D eigenvalue weighted by molar-refractivity contribution is -0.139. The van der Waals surface area contributed by atoms with Crippen molar-refractivity contribution >= 4 is 0 Å². The number of ether oxygens (including phenoxy) is 2. The van der Waals surface area contributed by atoms with Crippen molar-refractivity contribution in [1.29, 1.82) is 0 Å². The molecule has 0 heterocycles. The zero-order valence-corrected chi connectivity index (χ0v) is 12.0. The minimum Gasteiger partial charge on any atom is -0.491 e. The first kappa shape index (κ1) is 16.1. The van der Waals surface area contributed by atoms with E-state index in [2.05, 4.69) is 5.32 Å². The van der Waals surface area contributed by atoms with E-state index in [-0.39, 0.29) is 19.0 Å². The van der Waals surface area contributed by atoms with Gasteiger partial charge in [0.15, 0.2) is 0 Å².